The van der Waals surface area contributed by atoms with Gasteiger partial charge in [-0.05, 0) is 68.5 Å². The third-order valence-electron chi connectivity index (χ3n) is 5.88. The van der Waals surface area contributed by atoms with E-state index in [9.17, 15) is 4.79 Å². The first-order valence-corrected chi connectivity index (χ1v) is 9.79. The van der Waals surface area contributed by atoms with Crippen molar-refractivity contribution < 1.29 is 9.53 Å². The fourth-order valence-electron chi connectivity index (χ4n) is 4.29. The fourth-order valence-corrected chi connectivity index (χ4v) is 4.29. The molecule has 0 aliphatic carbocycles. The number of hydrogen-bond acceptors (Lipinski definition) is 5. The van der Waals surface area contributed by atoms with Crippen LogP contribution >= 0.6 is 0 Å². The zero-order valence-electron chi connectivity index (χ0n) is 16.1. The quantitative estimate of drug-likeness (QED) is 0.726. The first-order chi connectivity index (χ1) is 12.6. The predicted octanol–water partition coefficient (Wildman–Crippen LogP) is 2.24. The summed E-state index contributed by atoms with van der Waals surface area (Å²) in [6.45, 7) is 7.43. The zero-order chi connectivity index (χ0) is 18.5. The van der Waals surface area contributed by atoms with Gasteiger partial charge in [0.25, 0.3) is 0 Å². The van der Waals surface area contributed by atoms with Crippen LogP contribution in [0.15, 0.2) is 24.3 Å². The first kappa shape index (κ1) is 19.1. The highest BCUT2D eigenvalue weighted by Gasteiger charge is 2.35. The van der Waals surface area contributed by atoms with Gasteiger partial charge >= 0.3 is 0 Å². The van der Waals surface area contributed by atoms with Gasteiger partial charge < -0.3 is 10.1 Å². The van der Waals surface area contributed by atoms with Gasteiger partial charge in [-0.2, -0.15) is 0 Å². The first-order valence-electron chi connectivity index (χ1n) is 9.79. The molecule has 3 unspecified atom stereocenters. The van der Waals surface area contributed by atoms with E-state index in [0.717, 1.165) is 50.3 Å². The number of hydrazine groups is 1. The number of hydrogen-bond donors (Lipinski definition) is 3. The van der Waals surface area contributed by atoms with Crippen molar-refractivity contribution in [3.63, 3.8) is 0 Å². The number of carbonyl (C=O) groups is 1. The molecular formula is C20H32N4O2. The van der Waals surface area contributed by atoms with E-state index in [1.165, 1.54) is 0 Å². The van der Waals surface area contributed by atoms with Gasteiger partial charge in [-0.25, -0.2) is 0 Å². The number of amides is 1. The Bertz CT molecular complexity index is 584. The third kappa shape index (κ3) is 4.37. The van der Waals surface area contributed by atoms with Gasteiger partial charge in [0, 0.05) is 18.3 Å². The van der Waals surface area contributed by atoms with Crippen molar-refractivity contribution in [2.45, 2.75) is 45.2 Å². The maximum Gasteiger partial charge on any atom is 0.241 e. The van der Waals surface area contributed by atoms with E-state index in [-0.39, 0.29) is 11.9 Å². The summed E-state index contributed by atoms with van der Waals surface area (Å²) in [6, 6.07) is 8.00. The van der Waals surface area contributed by atoms with Crippen molar-refractivity contribution in [1.29, 1.82) is 0 Å². The van der Waals surface area contributed by atoms with E-state index in [1.807, 2.05) is 24.3 Å². The second-order valence-electron chi connectivity index (χ2n) is 7.54. The standard InChI is InChI=1S/C20H32N4O2/c1-4-18(20(25)22-16-5-7-17(26-3)8-6-16)24-11-9-15(10-12-24)19-14(2)13-21-23-19/h5-8,14-15,18-19,21,23H,4,9-13H2,1-3H3,(H,22,25). The average molecular weight is 361 g/mol. The lowest BCUT2D eigenvalue weighted by Crippen LogP contribution is -2.50. The van der Waals surface area contributed by atoms with Crippen LogP contribution in [0.5, 0.6) is 5.75 Å². The molecule has 0 spiro atoms. The molecule has 1 aromatic rings. The van der Waals surface area contributed by atoms with E-state index in [1.54, 1.807) is 7.11 Å². The van der Waals surface area contributed by atoms with Crippen LogP contribution < -0.4 is 20.9 Å². The Morgan fingerprint density at radius 1 is 1.31 bits per heavy atom. The molecule has 3 atom stereocenters. The van der Waals surface area contributed by atoms with Gasteiger partial charge in [0.05, 0.1) is 13.2 Å². The molecular weight excluding hydrogens is 328 g/mol. The highest BCUT2D eigenvalue weighted by atomic mass is 16.5. The molecule has 2 aliphatic rings. The predicted molar refractivity (Wildman–Crippen MR) is 104 cm³/mol. The summed E-state index contributed by atoms with van der Waals surface area (Å²) < 4.78 is 5.17. The zero-order valence-corrected chi connectivity index (χ0v) is 16.1. The van der Waals surface area contributed by atoms with Crippen molar-refractivity contribution in [2.75, 3.05) is 32.1 Å². The van der Waals surface area contributed by atoms with Crippen LogP contribution in [0, 0.1) is 11.8 Å². The maximum atomic E-state index is 12.8. The van der Waals surface area contributed by atoms with Gasteiger partial charge in [0.1, 0.15) is 5.75 Å². The Hall–Kier alpha value is -1.63. The van der Waals surface area contributed by atoms with Crippen LogP contribution in [0.1, 0.15) is 33.1 Å². The Morgan fingerprint density at radius 3 is 2.54 bits per heavy atom. The molecule has 3 N–H and O–H groups in total. The van der Waals surface area contributed by atoms with Crippen LogP contribution in [0.3, 0.4) is 0 Å². The molecule has 0 radical (unpaired) electrons. The highest BCUT2D eigenvalue weighted by molar-refractivity contribution is 5.94. The number of anilines is 1. The van der Waals surface area contributed by atoms with Crippen LogP contribution in [0.2, 0.25) is 0 Å². The van der Waals surface area contributed by atoms with Crippen LogP contribution in [0.25, 0.3) is 0 Å². The molecule has 2 aliphatic heterocycles. The Kier molecular flexibility index (Phi) is 6.51. The van der Waals surface area contributed by atoms with Crippen LogP contribution in [0.4, 0.5) is 5.69 Å². The number of nitrogens with zero attached hydrogens (tertiary/aromatic N) is 1. The van der Waals surface area contributed by atoms with E-state index in [2.05, 4.69) is 34.9 Å². The SMILES string of the molecule is CCC(C(=O)Nc1ccc(OC)cc1)N1CCC(C2NNCC2C)CC1. The van der Waals surface area contributed by atoms with E-state index in [0.29, 0.717) is 17.9 Å². The average Bonchev–Trinajstić information content (AvgIpc) is 3.09. The number of likely N-dealkylation sites (tertiary alicyclic amines) is 1. The second kappa shape index (κ2) is 8.84. The van der Waals surface area contributed by atoms with Crippen LogP contribution in [-0.4, -0.2) is 49.6 Å². The van der Waals surface area contributed by atoms with Crippen molar-refractivity contribution >= 4 is 11.6 Å². The summed E-state index contributed by atoms with van der Waals surface area (Å²) in [5, 5.41) is 3.06. The molecule has 26 heavy (non-hydrogen) atoms. The van der Waals surface area contributed by atoms with Crippen molar-refractivity contribution in [2.24, 2.45) is 11.8 Å². The lowest BCUT2D eigenvalue weighted by molar-refractivity contribution is -0.122. The Balaban J connectivity index is 1.54. The normalized spacial score (nSPS) is 25.8. The summed E-state index contributed by atoms with van der Waals surface area (Å²) in [6.07, 6.45) is 3.12. The summed E-state index contributed by atoms with van der Waals surface area (Å²) in [4.78, 5) is 15.1. The lowest BCUT2D eigenvalue weighted by Gasteiger charge is -2.39. The molecule has 3 rings (SSSR count). The van der Waals surface area contributed by atoms with E-state index < -0.39 is 0 Å². The molecule has 0 bridgehead atoms. The molecule has 144 valence electrons. The van der Waals surface area contributed by atoms with Gasteiger partial charge in [-0.15, -0.1) is 0 Å². The number of carbonyl (C=O) groups excluding carboxylic acids is 1. The number of nitrogens with one attached hydrogen (secondary N) is 3. The molecule has 6 heteroatoms. The molecule has 0 aromatic heterocycles. The largest absolute Gasteiger partial charge is 0.497 e. The molecule has 2 heterocycles. The minimum Gasteiger partial charge on any atom is -0.497 e. The topological polar surface area (TPSA) is 65.6 Å². The fraction of sp³-hybridized carbons (Fsp3) is 0.650. The smallest absolute Gasteiger partial charge is 0.241 e. The van der Waals surface area contributed by atoms with Gasteiger partial charge in [0.2, 0.25) is 5.91 Å². The summed E-state index contributed by atoms with van der Waals surface area (Å²) in [5.74, 6) is 2.25. The second-order valence-corrected chi connectivity index (χ2v) is 7.54. The number of ether oxygens (including phenoxy) is 1. The van der Waals surface area contributed by atoms with Crippen LogP contribution in [-0.2, 0) is 4.79 Å². The van der Waals surface area contributed by atoms with Crippen molar-refractivity contribution in [1.82, 2.24) is 15.8 Å². The molecule has 2 fully saturated rings. The number of benzene rings is 1. The minimum atomic E-state index is -0.0647. The molecule has 0 saturated carbocycles. The van der Waals surface area contributed by atoms with Gasteiger partial charge in [-0.3, -0.25) is 20.5 Å². The Labute approximate surface area is 156 Å². The number of piperidine rings is 1. The highest BCUT2D eigenvalue weighted by Crippen LogP contribution is 2.28. The van der Waals surface area contributed by atoms with Crippen molar-refractivity contribution in [3.8, 4) is 5.75 Å². The maximum absolute atomic E-state index is 12.8. The summed E-state index contributed by atoms with van der Waals surface area (Å²) in [7, 11) is 1.64. The monoisotopic (exact) mass is 360 g/mol. The molecule has 6 nitrogen and oxygen atoms in total. The van der Waals surface area contributed by atoms with E-state index in [4.69, 9.17) is 4.74 Å². The summed E-state index contributed by atoms with van der Waals surface area (Å²) in [5.41, 5.74) is 7.54. The van der Waals surface area contributed by atoms with Gasteiger partial charge in [0.15, 0.2) is 0 Å². The van der Waals surface area contributed by atoms with E-state index >= 15 is 0 Å². The molecule has 1 aromatic carbocycles. The lowest BCUT2D eigenvalue weighted by atomic mass is 9.83. The third-order valence-corrected chi connectivity index (χ3v) is 5.88. The number of rotatable bonds is 6. The molecule has 2 saturated heterocycles. The minimum absolute atomic E-state index is 0.0647. The summed E-state index contributed by atoms with van der Waals surface area (Å²) >= 11 is 0. The van der Waals surface area contributed by atoms with Gasteiger partial charge in [-0.1, -0.05) is 13.8 Å². The van der Waals surface area contributed by atoms with Crippen molar-refractivity contribution in [3.05, 3.63) is 24.3 Å². The Morgan fingerprint density at radius 2 is 2.00 bits per heavy atom. The molecule has 1 amide bonds. The number of methoxy groups -OCH3 is 1.